The molecule has 2 aliphatic heterocycles. The zero-order chi connectivity index (χ0) is 58.8. The fraction of sp³-hybridized carbons (Fsp3) is 0.500. The van der Waals surface area contributed by atoms with Crippen LogP contribution in [0.15, 0.2) is 65.9 Å². The van der Waals surface area contributed by atoms with Gasteiger partial charge < -0.3 is 41.2 Å². The molecule has 17 nitrogen and oxygen atoms in total. The number of amides is 4. The van der Waals surface area contributed by atoms with Crippen LogP contribution in [0.3, 0.4) is 0 Å². The van der Waals surface area contributed by atoms with Gasteiger partial charge in [0.1, 0.15) is 29.5 Å². The number of alkyl halides is 8. The van der Waals surface area contributed by atoms with Gasteiger partial charge in [0.2, 0.25) is 5.91 Å². The van der Waals surface area contributed by atoms with Gasteiger partial charge in [-0.05, 0) is 101 Å². The number of piperazine rings is 1. The van der Waals surface area contributed by atoms with Gasteiger partial charge in [0.25, 0.3) is 5.91 Å². The Morgan fingerprint density at radius 1 is 0.835 bits per heavy atom. The van der Waals surface area contributed by atoms with Crippen LogP contribution < -0.4 is 32.0 Å². The van der Waals surface area contributed by atoms with Crippen molar-refractivity contribution < 1.29 is 77.7 Å². The van der Waals surface area contributed by atoms with Crippen molar-refractivity contribution in [1.29, 1.82) is 0 Å². The molecule has 2 fully saturated rings. The van der Waals surface area contributed by atoms with E-state index in [0.29, 0.717) is 80.5 Å². The van der Waals surface area contributed by atoms with Crippen LogP contribution in [0.2, 0.25) is 0 Å². The van der Waals surface area contributed by atoms with Gasteiger partial charge in [-0.2, -0.15) is 35.1 Å². The highest BCUT2D eigenvalue weighted by Crippen LogP contribution is 2.42. The molecule has 2 aliphatic rings. The Morgan fingerprint density at radius 3 is 1.82 bits per heavy atom. The average molecular weight is 1130 g/mol. The number of aromatic nitrogens is 1. The van der Waals surface area contributed by atoms with Gasteiger partial charge in [0.15, 0.2) is 0 Å². The third kappa shape index (κ3) is 15.8. The number of carbonyl (C=O) groups excluding carboxylic acids is 4. The number of nitrogens with two attached hydrogens (primary N) is 1. The van der Waals surface area contributed by atoms with E-state index in [1.807, 2.05) is 22.9 Å². The third-order valence-electron chi connectivity index (χ3n) is 14.0. The molecule has 5 rings (SSSR count). The number of aliphatic hydroxyl groups excluding tert-OH is 1. The molecule has 6 atom stereocenters. The van der Waals surface area contributed by atoms with Gasteiger partial charge >= 0.3 is 31.1 Å². The quantitative estimate of drug-likeness (QED) is 0.0233. The van der Waals surface area contributed by atoms with Gasteiger partial charge in [-0.25, -0.2) is 33.4 Å². The van der Waals surface area contributed by atoms with Gasteiger partial charge in [0, 0.05) is 79.1 Å². The topological polar surface area (TPSA) is 216 Å². The van der Waals surface area contributed by atoms with E-state index >= 15 is 8.78 Å². The second kappa shape index (κ2) is 26.2. The molecule has 0 aliphatic carbocycles. The molecule has 0 saturated carbocycles. The number of hydrogen-bond donors (Lipinski definition) is 6. The van der Waals surface area contributed by atoms with Crippen LogP contribution in [0.25, 0.3) is 5.57 Å². The van der Waals surface area contributed by atoms with Gasteiger partial charge in [-0.3, -0.25) is 19.9 Å². The molecule has 2 bridgehead atoms. The Bertz CT molecular complexity index is 2710. The number of rotatable bonds is 20. The maximum atomic E-state index is 16.0. The Labute approximate surface area is 449 Å². The number of methoxy groups -OCH3 is 2. The van der Waals surface area contributed by atoms with E-state index < -0.39 is 126 Å². The van der Waals surface area contributed by atoms with Crippen LogP contribution in [0.1, 0.15) is 75.3 Å². The molecule has 3 aromatic rings. The number of aliphatic hydroxyl groups is 1. The SMILES string of the molecule is CCN1C2CCC1CN(c1ccc(C#Cc3ccc(C[C@H](NC(=O)C(NC(=O)OC)C(C)(C)C(F)(F)F)[C@@H](O)CN(Cc4c(F)cc(C(C=NC(F)F)=CN)cc4F)NC(=O)[C@@H](NC(=O)OC)C(C)(C)C(F)(F)F)cc3)cn1)C2. The van der Waals surface area contributed by atoms with Crippen molar-refractivity contribution >= 4 is 41.6 Å². The van der Waals surface area contributed by atoms with Crippen LogP contribution >= 0.6 is 0 Å². The fourth-order valence-electron chi connectivity index (χ4n) is 9.03. The molecule has 432 valence electrons. The van der Waals surface area contributed by atoms with Crippen LogP contribution in [0.5, 0.6) is 0 Å². The first-order valence-electron chi connectivity index (χ1n) is 24.6. The predicted octanol–water partition coefficient (Wildman–Crippen LogP) is 6.57. The number of halogens is 10. The van der Waals surface area contributed by atoms with Crippen LogP contribution in [-0.4, -0.2) is 146 Å². The second-order valence-electron chi connectivity index (χ2n) is 19.9. The van der Waals surface area contributed by atoms with Crippen LogP contribution in [0, 0.1) is 34.3 Å². The number of fused-ring (bicyclic) bond motifs is 2. The number of nitrogens with one attached hydrogen (secondary N) is 4. The summed E-state index contributed by atoms with van der Waals surface area (Å²) in [5.41, 5.74) is 0.841. The number of ether oxygens (including phenoxy) is 2. The van der Waals surface area contributed by atoms with E-state index in [0.717, 1.165) is 52.5 Å². The predicted molar refractivity (Wildman–Crippen MR) is 270 cm³/mol. The average Bonchev–Trinajstić information content (AvgIpc) is 3.65. The van der Waals surface area contributed by atoms with E-state index in [1.165, 1.54) is 24.3 Å². The lowest BCUT2D eigenvalue weighted by atomic mass is 9.82. The standard InChI is InChI=1S/C52H62F10N10O7/c1-8-72-34-16-17-35(72)26-70(25-34)41-18-15-31(23-64-41)14-11-29-9-12-30(13-10-29)19-39(66-44(74)42(67-47(76)78-6)49(2,3)51(57,58)59)40(73)28-71(69-45(75)43(68-48(77)79-7)50(4,5)52(60,61)62)27-36-37(53)20-32(21-38(36)54)33(22-63)24-65-46(55)56/h9-10,12-13,15,18,20-24,34-35,39-40,42-43,46,73H,8,16-17,19,25-28,63H2,1-7H3,(H,66,74)(H,67,76)(H,68,77)(H,69,75)/t34?,35?,39-,40-,42?,43+/m0/s1. The number of pyridine rings is 1. The Kier molecular flexibility index (Phi) is 20.8. The number of allylic oxidation sites excluding steroid dienone is 1. The summed E-state index contributed by atoms with van der Waals surface area (Å²) < 4.78 is 154. The molecule has 2 aromatic carbocycles. The number of nitrogens with zero attached hydrogens (tertiary/aromatic N) is 5. The molecule has 27 heteroatoms. The highest BCUT2D eigenvalue weighted by molar-refractivity contribution is 6.09. The summed E-state index contributed by atoms with van der Waals surface area (Å²) in [4.78, 5) is 65.0. The van der Waals surface area contributed by atoms with Crippen molar-refractivity contribution in [2.45, 2.75) is 116 Å². The van der Waals surface area contributed by atoms with Crippen molar-refractivity contribution in [2.75, 3.05) is 45.3 Å². The van der Waals surface area contributed by atoms with Gasteiger partial charge in [0.05, 0.1) is 37.2 Å². The van der Waals surface area contributed by atoms with Gasteiger partial charge in [-0.15, -0.1) is 0 Å². The number of carbonyl (C=O) groups is 4. The molecule has 4 amide bonds. The molecular weight excluding hydrogens is 1070 g/mol. The van der Waals surface area contributed by atoms with Crippen molar-refractivity contribution in [1.82, 2.24) is 36.3 Å². The van der Waals surface area contributed by atoms with Crippen molar-refractivity contribution in [3.05, 3.63) is 100 Å². The van der Waals surface area contributed by atoms with E-state index in [4.69, 9.17) is 5.73 Å². The number of alkyl carbamates (subject to hydrolysis) is 2. The summed E-state index contributed by atoms with van der Waals surface area (Å²) >= 11 is 0. The molecule has 1 aromatic heterocycles. The van der Waals surface area contributed by atoms with Gasteiger partial charge in [-0.1, -0.05) is 30.9 Å². The number of benzene rings is 2. The molecule has 0 spiro atoms. The molecule has 3 heterocycles. The third-order valence-corrected chi connectivity index (χ3v) is 14.0. The van der Waals surface area contributed by atoms with Crippen molar-refractivity contribution in [2.24, 2.45) is 21.6 Å². The molecule has 0 radical (unpaired) electrons. The highest BCUT2D eigenvalue weighted by Gasteiger charge is 2.57. The number of aliphatic imine (C=N–C) groups is 1. The lowest BCUT2D eigenvalue weighted by molar-refractivity contribution is -0.221. The lowest BCUT2D eigenvalue weighted by Gasteiger charge is -2.41. The highest BCUT2D eigenvalue weighted by atomic mass is 19.4. The first kappa shape index (κ1) is 62.7. The maximum absolute atomic E-state index is 16.0. The normalized spacial score (nSPS) is 17.9. The monoisotopic (exact) mass is 1130 g/mol. The minimum absolute atomic E-state index is 0.266. The summed E-state index contributed by atoms with van der Waals surface area (Å²) in [5.74, 6) is 0.664. The fourth-order valence-corrected chi connectivity index (χ4v) is 9.03. The number of hydrazine groups is 1. The molecular formula is C52H62F10N10O7. The van der Waals surface area contributed by atoms with Crippen LogP contribution in [-0.2, 0) is 32.0 Å². The van der Waals surface area contributed by atoms with Crippen molar-refractivity contribution in [3.63, 3.8) is 0 Å². The molecule has 79 heavy (non-hydrogen) atoms. The summed E-state index contributed by atoms with van der Waals surface area (Å²) in [7, 11) is 1.59. The summed E-state index contributed by atoms with van der Waals surface area (Å²) in [6.45, 7) is 1.54. The minimum atomic E-state index is -5.24. The Balaban J connectivity index is 1.52. The van der Waals surface area contributed by atoms with E-state index in [2.05, 4.69) is 53.3 Å². The zero-order valence-electron chi connectivity index (χ0n) is 44.0. The molecule has 7 N–H and O–H groups in total. The number of anilines is 1. The summed E-state index contributed by atoms with van der Waals surface area (Å²) in [6.07, 6.45) is -10.9. The smallest absolute Gasteiger partial charge is 0.407 e. The van der Waals surface area contributed by atoms with Crippen LogP contribution in [0.4, 0.5) is 59.3 Å². The Morgan fingerprint density at radius 2 is 1.35 bits per heavy atom. The van der Waals surface area contributed by atoms with Crippen molar-refractivity contribution in [3.8, 4) is 11.8 Å². The molecule has 2 saturated heterocycles. The second-order valence-corrected chi connectivity index (χ2v) is 19.9. The minimum Gasteiger partial charge on any atom is -0.453 e. The van der Waals surface area contributed by atoms with E-state index in [9.17, 15) is 59.4 Å². The number of likely N-dealkylation sites (N-methyl/N-ethyl adjacent to an activating group) is 1. The summed E-state index contributed by atoms with van der Waals surface area (Å²) in [6, 6.07) is 5.07. The maximum Gasteiger partial charge on any atom is 0.407 e. The first-order valence-corrected chi connectivity index (χ1v) is 24.6. The van der Waals surface area contributed by atoms with E-state index in [1.54, 1.807) is 11.5 Å². The molecule has 3 unspecified atom stereocenters. The number of hydrogen-bond acceptors (Lipinski definition) is 13. The van der Waals surface area contributed by atoms with E-state index in [-0.39, 0.29) is 5.56 Å². The largest absolute Gasteiger partial charge is 0.453 e. The first-order chi connectivity index (χ1) is 36.9. The summed E-state index contributed by atoms with van der Waals surface area (Å²) in [5, 5.41) is 18.4. The zero-order valence-corrected chi connectivity index (χ0v) is 44.0. The Hall–Kier alpha value is -7.18. The lowest BCUT2D eigenvalue weighted by Crippen LogP contribution is -2.63.